The molecular weight excluding hydrogens is 139 g/mol. The Hall–Kier alpha value is -0.560. The van der Waals surface area contributed by atoms with Crippen LogP contribution in [0.1, 0.15) is 11.2 Å². The van der Waals surface area contributed by atoms with Crippen LogP contribution in [0.25, 0.3) is 0 Å². The van der Waals surface area contributed by atoms with Crippen molar-refractivity contribution in [2.24, 2.45) is 0 Å². The van der Waals surface area contributed by atoms with Crippen molar-refractivity contribution < 1.29 is 4.39 Å². The van der Waals surface area contributed by atoms with Crippen molar-refractivity contribution in [2.45, 2.75) is 5.63 Å². The molecule has 0 fully saturated rings. The number of hydrogen-bond donors (Lipinski definition) is 0. The molecular formula is C7H5ClF. The average Bonchev–Trinajstić information content (AvgIpc) is 1.90. The third-order valence-corrected chi connectivity index (χ3v) is 1.20. The highest BCUT2D eigenvalue weighted by Gasteiger charge is 2.01. The van der Waals surface area contributed by atoms with Gasteiger partial charge in [-0.05, 0) is 6.07 Å². The lowest BCUT2D eigenvalue weighted by atomic mass is 10.2. The van der Waals surface area contributed by atoms with E-state index in [0.717, 1.165) is 0 Å². The summed E-state index contributed by atoms with van der Waals surface area (Å²) in [6, 6.07) is 9.37. The molecule has 0 amide bonds. The molecule has 0 spiro atoms. The molecule has 9 heavy (non-hydrogen) atoms. The number of rotatable bonds is 1. The van der Waals surface area contributed by atoms with E-state index >= 15 is 0 Å². The lowest BCUT2D eigenvalue weighted by Crippen LogP contribution is -1.79. The third-order valence-electron chi connectivity index (χ3n) is 0.968. The first kappa shape index (κ1) is 6.56. The van der Waals surface area contributed by atoms with E-state index in [1.165, 1.54) is 0 Å². The molecule has 0 saturated heterocycles. The van der Waals surface area contributed by atoms with Gasteiger partial charge in [0, 0.05) is 5.56 Å². The minimum atomic E-state index is -1.42. The summed E-state index contributed by atoms with van der Waals surface area (Å²) in [5.41, 5.74) is -1.04. The Balaban J connectivity index is 2.85. The zero-order chi connectivity index (χ0) is 6.69. The standard InChI is InChI=1S/C7H5ClF/c8-7(9)6-4-2-1-3-5-6/h1-4,7H. The van der Waals surface area contributed by atoms with Gasteiger partial charge in [-0.3, -0.25) is 0 Å². The largest absolute Gasteiger partial charge is 0.225 e. The zero-order valence-corrected chi connectivity index (χ0v) is 5.40. The molecule has 2 heteroatoms. The fourth-order valence-electron chi connectivity index (χ4n) is 0.543. The van der Waals surface area contributed by atoms with E-state index in [4.69, 9.17) is 11.6 Å². The van der Waals surface area contributed by atoms with Crippen LogP contribution >= 0.6 is 11.6 Å². The molecule has 47 valence electrons. The monoisotopic (exact) mass is 143 g/mol. The molecule has 0 aliphatic heterocycles. The minimum absolute atomic E-state index is 0.388. The Morgan fingerprint density at radius 2 is 2.33 bits per heavy atom. The lowest BCUT2D eigenvalue weighted by molar-refractivity contribution is 0.460. The molecule has 0 heterocycles. The maximum Gasteiger partial charge on any atom is 0.199 e. The maximum atomic E-state index is 12.2. The molecule has 1 radical (unpaired) electrons. The Morgan fingerprint density at radius 1 is 1.56 bits per heavy atom. The van der Waals surface area contributed by atoms with Crippen LogP contribution in [0.2, 0.25) is 0 Å². The van der Waals surface area contributed by atoms with E-state index < -0.39 is 5.63 Å². The van der Waals surface area contributed by atoms with Crippen molar-refractivity contribution in [3.63, 3.8) is 0 Å². The van der Waals surface area contributed by atoms with Crippen molar-refractivity contribution >= 4 is 11.6 Å². The van der Waals surface area contributed by atoms with Gasteiger partial charge in [0.1, 0.15) is 0 Å². The van der Waals surface area contributed by atoms with Gasteiger partial charge in [-0.25, -0.2) is 4.39 Å². The smallest absolute Gasteiger partial charge is 0.199 e. The second kappa shape index (κ2) is 2.83. The summed E-state index contributed by atoms with van der Waals surface area (Å²) in [5.74, 6) is 0. The summed E-state index contributed by atoms with van der Waals surface area (Å²) in [6.45, 7) is 0. The van der Waals surface area contributed by atoms with Gasteiger partial charge in [0.15, 0.2) is 5.63 Å². The first-order valence-electron chi connectivity index (χ1n) is 2.55. The van der Waals surface area contributed by atoms with Crippen LogP contribution in [0.3, 0.4) is 0 Å². The van der Waals surface area contributed by atoms with Gasteiger partial charge >= 0.3 is 0 Å². The number of alkyl halides is 2. The van der Waals surface area contributed by atoms with Crippen LogP contribution in [0, 0.1) is 6.07 Å². The molecule has 1 atom stereocenters. The van der Waals surface area contributed by atoms with Crippen molar-refractivity contribution in [3.05, 3.63) is 35.9 Å². The van der Waals surface area contributed by atoms with Crippen molar-refractivity contribution in [1.82, 2.24) is 0 Å². The number of halogens is 2. The van der Waals surface area contributed by atoms with E-state index in [-0.39, 0.29) is 0 Å². The molecule has 0 N–H and O–H groups in total. The Labute approximate surface area is 58.3 Å². The van der Waals surface area contributed by atoms with Crippen molar-refractivity contribution in [3.8, 4) is 0 Å². The van der Waals surface area contributed by atoms with Gasteiger partial charge in [0.2, 0.25) is 0 Å². The molecule has 0 saturated carbocycles. The van der Waals surface area contributed by atoms with Crippen LogP contribution < -0.4 is 0 Å². The normalized spacial score (nSPS) is 13.1. The van der Waals surface area contributed by atoms with Crippen LogP contribution in [-0.2, 0) is 0 Å². The molecule has 0 aliphatic rings. The topological polar surface area (TPSA) is 0 Å². The average molecular weight is 144 g/mol. The highest BCUT2D eigenvalue weighted by atomic mass is 35.5. The Morgan fingerprint density at radius 3 is 2.67 bits per heavy atom. The molecule has 1 aromatic carbocycles. The highest BCUT2D eigenvalue weighted by Crippen LogP contribution is 2.19. The first-order chi connectivity index (χ1) is 4.30. The molecule has 0 aliphatic carbocycles. The summed E-state index contributed by atoms with van der Waals surface area (Å²) in [5, 5.41) is 0. The van der Waals surface area contributed by atoms with Crippen LogP contribution in [-0.4, -0.2) is 0 Å². The van der Waals surface area contributed by atoms with E-state index in [1.54, 1.807) is 24.3 Å². The summed E-state index contributed by atoms with van der Waals surface area (Å²) in [7, 11) is 0. The Kier molecular flexibility index (Phi) is 2.06. The fourth-order valence-corrected chi connectivity index (χ4v) is 0.679. The summed E-state index contributed by atoms with van der Waals surface area (Å²) < 4.78 is 12.2. The quantitative estimate of drug-likeness (QED) is 0.531. The minimum Gasteiger partial charge on any atom is -0.225 e. The maximum absolute atomic E-state index is 12.2. The molecule has 1 rings (SSSR count). The first-order valence-corrected chi connectivity index (χ1v) is 2.99. The zero-order valence-electron chi connectivity index (χ0n) is 4.64. The van der Waals surface area contributed by atoms with Crippen molar-refractivity contribution in [1.29, 1.82) is 0 Å². The molecule has 0 aromatic heterocycles. The molecule has 1 unspecified atom stereocenters. The van der Waals surface area contributed by atoms with E-state index in [1.807, 2.05) is 0 Å². The van der Waals surface area contributed by atoms with Gasteiger partial charge < -0.3 is 0 Å². The predicted molar refractivity (Wildman–Crippen MR) is 35.0 cm³/mol. The van der Waals surface area contributed by atoms with Gasteiger partial charge in [-0.2, -0.15) is 0 Å². The molecule has 0 bridgehead atoms. The van der Waals surface area contributed by atoms with E-state index in [0.29, 0.717) is 5.56 Å². The lowest BCUT2D eigenvalue weighted by Gasteiger charge is -1.95. The van der Waals surface area contributed by atoms with Gasteiger partial charge in [0.25, 0.3) is 0 Å². The second-order valence-corrected chi connectivity index (χ2v) is 2.00. The van der Waals surface area contributed by atoms with E-state index in [2.05, 4.69) is 6.07 Å². The third kappa shape index (κ3) is 1.68. The van der Waals surface area contributed by atoms with Crippen LogP contribution in [0.5, 0.6) is 0 Å². The second-order valence-electron chi connectivity index (χ2n) is 1.62. The van der Waals surface area contributed by atoms with Crippen LogP contribution in [0.15, 0.2) is 24.3 Å². The number of benzene rings is 1. The molecule has 1 aromatic rings. The summed E-state index contributed by atoms with van der Waals surface area (Å²) in [6.07, 6.45) is 0. The van der Waals surface area contributed by atoms with Gasteiger partial charge in [0.05, 0.1) is 0 Å². The number of hydrogen-bond acceptors (Lipinski definition) is 0. The SMILES string of the molecule is FC(Cl)c1[c]cccc1. The van der Waals surface area contributed by atoms with E-state index in [9.17, 15) is 4.39 Å². The fraction of sp³-hybridized carbons (Fsp3) is 0.143. The Bertz CT molecular complexity index is 172. The predicted octanol–water partition coefficient (Wildman–Crippen LogP) is 2.69. The van der Waals surface area contributed by atoms with Gasteiger partial charge in [-0.1, -0.05) is 35.9 Å². The summed E-state index contributed by atoms with van der Waals surface area (Å²) in [4.78, 5) is 0. The summed E-state index contributed by atoms with van der Waals surface area (Å²) >= 11 is 5.11. The van der Waals surface area contributed by atoms with Crippen LogP contribution in [0.4, 0.5) is 4.39 Å². The molecule has 0 nitrogen and oxygen atoms in total. The van der Waals surface area contributed by atoms with Gasteiger partial charge in [-0.15, -0.1) is 0 Å². The van der Waals surface area contributed by atoms with Crippen molar-refractivity contribution in [2.75, 3.05) is 0 Å². The highest BCUT2D eigenvalue weighted by molar-refractivity contribution is 6.19.